The number of aromatic nitrogens is 4. The fourth-order valence-corrected chi connectivity index (χ4v) is 3.86. The van der Waals surface area contributed by atoms with E-state index in [-0.39, 0.29) is 0 Å². The molecule has 0 bridgehead atoms. The first-order chi connectivity index (χ1) is 15.0. The van der Waals surface area contributed by atoms with E-state index in [1.165, 1.54) is 0 Å². The number of piperazine rings is 1. The van der Waals surface area contributed by atoms with E-state index in [9.17, 15) is 5.26 Å². The highest BCUT2D eigenvalue weighted by Gasteiger charge is 2.18. The maximum Gasteiger partial charge on any atom is 0.225 e. The van der Waals surface area contributed by atoms with Gasteiger partial charge in [0.2, 0.25) is 5.95 Å². The summed E-state index contributed by atoms with van der Waals surface area (Å²) < 4.78 is 0. The molecule has 2 N–H and O–H groups in total. The topological polar surface area (TPSA) is 96.8 Å². The number of H-pyrrole nitrogens is 1. The van der Waals surface area contributed by atoms with E-state index in [2.05, 4.69) is 55.0 Å². The Hall–Kier alpha value is -3.44. The highest BCUT2D eigenvalue weighted by atomic mass is 15.2. The molecule has 160 valence electrons. The molecular formula is C23H28N8. The van der Waals surface area contributed by atoms with Crippen molar-refractivity contribution in [1.82, 2.24) is 25.3 Å². The van der Waals surface area contributed by atoms with Gasteiger partial charge in [-0.05, 0) is 24.1 Å². The normalized spacial score (nSPS) is 14.0. The van der Waals surface area contributed by atoms with Crippen LogP contribution in [0.5, 0.6) is 0 Å². The van der Waals surface area contributed by atoms with Gasteiger partial charge < -0.3 is 20.1 Å². The molecule has 1 aliphatic heterocycles. The largest absolute Gasteiger partial charge is 0.355 e. The van der Waals surface area contributed by atoms with Crippen molar-refractivity contribution in [3.8, 4) is 28.6 Å². The van der Waals surface area contributed by atoms with E-state index in [4.69, 9.17) is 0 Å². The SMILES string of the molecule is CC(C)CN(C)c1ncc(-c2cc(-c3cc(C#N)c(N4CCNCC4)[nH]3)ccn2)cn1. The van der Waals surface area contributed by atoms with Gasteiger partial charge >= 0.3 is 0 Å². The molecule has 0 radical (unpaired) electrons. The summed E-state index contributed by atoms with van der Waals surface area (Å²) in [5, 5.41) is 13.0. The second-order valence-corrected chi connectivity index (χ2v) is 8.27. The summed E-state index contributed by atoms with van der Waals surface area (Å²) in [6, 6.07) is 8.19. The molecule has 0 spiro atoms. The van der Waals surface area contributed by atoms with E-state index < -0.39 is 0 Å². The van der Waals surface area contributed by atoms with Crippen LogP contribution in [0, 0.1) is 17.2 Å². The second kappa shape index (κ2) is 9.14. The first-order valence-corrected chi connectivity index (χ1v) is 10.6. The summed E-state index contributed by atoms with van der Waals surface area (Å²) in [5.74, 6) is 2.13. The van der Waals surface area contributed by atoms with Gasteiger partial charge in [0, 0.05) is 75.2 Å². The smallest absolute Gasteiger partial charge is 0.225 e. The number of hydrogen-bond donors (Lipinski definition) is 2. The molecular weight excluding hydrogens is 388 g/mol. The maximum absolute atomic E-state index is 9.62. The molecule has 1 aliphatic rings. The van der Waals surface area contributed by atoms with Gasteiger partial charge in [-0.15, -0.1) is 0 Å². The van der Waals surface area contributed by atoms with Crippen LogP contribution in [0.4, 0.5) is 11.8 Å². The van der Waals surface area contributed by atoms with Gasteiger partial charge in [0.25, 0.3) is 0 Å². The molecule has 4 heterocycles. The van der Waals surface area contributed by atoms with Gasteiger partial charge in [0.05, 0.1) is 11.3 Å². The van der Waals surface area contributed by atoms with Crippen LogP contribution in [-0.4, -0.2) is 59.7 Å². The molecule has 1 saturated heterocycles. The molecule has 0 atom stereocenters. The van der Waals surface area contributed by atoms with Crippen LogP contribution >= 0.6 is 0 Å². The van der Waals surface area contributed by atoms with Crippen LogP contribution in [0.15, 0.2) is 36.8 Å². The van der Waals surface area contributed by atoms with Crippen LogP contribution in [0.1, 0.15) is 19.4 Å². The van der Waals surface area contributed by atoms with Crippen LogP contribution in [0.2, 0.25) is 0 Å². The Morgan fingerprint density at radius 1 is 1.13 bits per heavy atom. The summed E-state index contributed by atoms with van der Waals surface area (Å²) in [5.41, 5.74) is 4.20. The van der Waals surface area contributed by atoms with Gasteiger partial charge in [-0.25, -0.2) is 9.97 Å². The Balaban J connectivity index is 1.59. The molecule has 4 rings (SSSR count). The maximum atomic E-state index is 9.62. The monoisotopic (exact) mass is 416 g/mol. The number of aromatic amines is 1. The second-order valence-electron chi connectivity index (χ2n) is 8.27. The quantitative estimate of drug-likeness (QED) is 0.638. The minimum atomic E-state index is 0.539. The van der Waals surface area contributed by atoms with Crippen LogP contribution in [0.3, 0.4) is 0 Å². The van der Waals surface area contributed by atoms with Crippen molar-refractivity contribution < 1.29 is 0 Å². The predicted octanol–water partition coefficient (Wildman–Crippen LogP) is 2.91. The minimum absolute atomic E-state index is 0.539. The molecule has 1 fully saturated rings. The van der Waals surface area contributed by atoms with E-state index >= 15 is 0 Å². The first-order valence-electron chi connectivity index (χ1n) is 10.6. The lowest BCUT2D eigenvalue weighted by atomic mass is 10.1. The number of rotatable bonds is 6. The van der Waals surface area contributed by atoms with E-state index in [0.717, 1.165) is 61.1 Å². The van der Waals surface area contributed by atoms with Crippen molar-refractivity contribution in [3.05, 3.63) is 42.4 Å². The fraction of sp³-hybridized carbons (Fsp3) is 0.391. The third-order valence-corrected chi connectivity index (χ3v) is 5.34. The molecule has 0 unspecified atom stereocenters. The Labute approximate surface area is 183 Å². The molecule has 0 aliphatic carbocycles. The van der Waals surface area contributed by atoms with Crippen LogP contribution < -0.4 is 15.1 Å². The number of nitrogens with one attached hydrogen (secondary N) is 2. The number of hydrogen-bond acceptors (Lipinski definition) is 7. The third kappa shape index (κ3) is 4.67. The molecule has 31 heavy (non-hydrogen) atoms. The number of nitrogens with zero attached hydrogens (tertiary/aromatic N) is 6. The summed E-state index contributed by atoms with van der Waals surface area (Å²) >= 11 is 0. The molecule has 0 aromatic carbocycles. The average molecular weight is 417 g/mol. The molecule has 8 nitrogen and oxygen atoms in total. The first kappa shape index (κ1) is 20.8. The summed E-state index contributed by atoms with van der Waals surface area (Å²) in [6.07, 6.45) is 5.40. The third-order valence-electron chi connectivity index (χ3n) is 5.34. The molecule has 3 aromatic heterocycles. The van der Waals surface area contributed by atoms with Gasteiger partial charge in [-0.1, -0.05) is 13.8 Å². The number of nitriles is 1. The van der Waals surface area contributed by atoms with Gasteiger partial charge in [-0.3, -0.25) is 4.98 Å². The van der Waals surface area contributed by atoms with Gasteiger partial charge in [0.1, 0.15) is 11.9 Å². The van der Waals surface area contributed by atoms with Crippen molar-refractivity contribution in [2.45, 2.75) is 13.8 Å². The standard InChI is InChI=1S/C23H28N8/c1-16(2)15-30(3)23-27-13-19(14-28-23)20-10-17(4-5-26-20)21-11-18(12-24)22(29-21)31-8-6-25-7-9-31/h4-5,10-11,13-14,16,25,29H,6-9,15H2,1-3H3. The van der Waals surface area contributed by atoms with E-state index in [1.807, 2.05) is 37.6 Å². The molecule has 8 heteroatoms. The zero-order valence-corrected chi connectivity index (χ0v) is 18.3. The Morgan fingerprint density at radius 2 is 1.87 bits per heavy atom. The van der Waals surface area contributed by atoms with Crippen molar-refractivity contribution >= 4 is 11.8 Å². The van der Waals surface area contributed by atoms with E-state index in [0.29, 0.717) is 17.4 Å². The van der Waals surface area contributed by atoms with E-state index in [1.54, 1.807) is 6.20 Å². The highest BCUT2D eigenvalue weighted by Crippen LogP contribution is 2.29. The van der Waals surface area contributed by atoms with Crippen LogP contribution in [0.25, 0.3) is 22.5 Å². The lowest BCUT2D eigenvalue weighted by Crippen LogP contribution is -2.44. The van der Waals surface area contributed by atoms with Gasteiger partial charge in [-0.2, -0.15) is 5.26 Å². The Bertz CT molecular complexity index is 1060. The summed E-state index contributed by atoms with van der Waals surface area (Å²) in [6.45, 7) is 8.84. The molecule has 3 aromatic rings. The van der Waals surface area contributed by atoms with Gasteiger partial charge in [0.15, 0.2) is 0 Å². The Kier molecular flexibility index (Phi) is 6.14. The molecule has 0 amide bonds. The zero-order chi connectivity index (χ0) is 21.8. The summed E-state index contributed by atoms with van der Waals surface area (Å²) in [7, 11) is 2.00. The Morgan fingerprint density at radius 3 is 2.55 bits per heavy atom. The van der Waals surface area contributed by atoms with Crippen LogP contribution in [-0.2, 0) is 0 Å². The van der Waals surface area contributed by atoms with Crippen molar-refractivity contribution in [1.29, 1.82) is 5.26 Å². The number of anilines is 2. The minimum Gasteiger partial charge on any atom is -0.355 e. The average Bonchev–Trinajstić information content (AvgIpc) is 3.24. The predicted molar refractivity (Wildman–Crippen MR) is 123 cm³/mol. The van der Waals surface area contributed by atoms with Crippen molar-refractivity contribution in [2.24, 2.45) is 5.92 Å². The summed E-state index contributed by atoms with van der Waals surface area (Å²) in [4.78, 5) is 21.3. The lowest BCUT2D eigenvalue weighted by molar-refractivity contribution is 0.585. The zero-order valence-electron chi connectivity index (χ0n) is 18.3. The highest BCUT2D eigenvalue weighted by molar-refractivity contribution is 5.72. The lowest BCUT2D eigenvalue weighted by Gasteiger charge is -2.28. The fourth-order valence-electron chi connectivity index (χ4n) is 3.86. The number of pyridine rings is 1. The molecule has 0 saturated carbocycles. The van der Waals surface area contributed by atoms with Crippen molar-refractivity contribution in [2.75, 3.05) is 49.6 Å². The van der Waals surface area contributed by atoms with Crippen molar-refractivity contribution in [3.63, 3.8) is 0 Å².